The lowest BCUT2D eigenvalue weighted by atomic mass is 10.0. The van der Waals surface area contributed by atoms with Crippen LogP contribution in [-0.2, 0) is 9.53 Å². The van der Waals surface area contributed by atoms with Gasteiger partial charge in [0.15, 0.2) is 0 Å². The van der Waals surface area contributed by atoms with Crippen LogP contribution in [0.1, 0.15) is 45.4 Å². The maximum absolute atomic E-state index is 11.7. The first-order valence-electron chi connectivity index (χ1n) is 7.24. The van der Waals surface area contributed by atoms with E-state index in [1.54, 1.807) is 7.11 Å². The first-order valence-corrected chi connectivity index (χ1v) is 7.24. The van der Waals surface area contributed by atoms with Crippen LogP contribution >= 0.6 is 0 Å². The molecule has 0 aromatic carbocycles. The largest absolute Gasteiger partial charge is 0.383 e. The van der Waals surface area contributed by atoms with Gasteiger partial charge >= 0.3 is 0 Å². The number of carbonyl (C=O) groups excluding carboxylic acids is 1. The van der Waals surface area contributed by atoms with Crippen molar-refractivity contribution in [1.82, 2.24) is 10.6 Å². The van der Waals surface area contributed by atoms with Gasteiger partial charge in [-0.3, -0.25) is 4.79 Å². The van der Waals surface area contributed by atoms with E-state index < -0.39 is 0 Å². The number of amides is 1. The Hall–Kier alpha value is -0.610. The maximum Gasteiger partial charge on any atom is 0.236 e. The van der Waals surface area contributed by atoms with Crippen molar-refractivity contribution in [3.63, 3.8) is 0 Å². The van der Waals surface area contributed by atoms with Crippen LogP contribution in [0.25, 0.3) is 0 Å². The predicted molar refractivity (Wildman–Crippen MR) is 73.5 cm³/mol. The molecule has 0 radical (unpaired) electrons. The van der Waals surface area contributed by atoms with Gasteiger partial charge < -0.3 is 15.4 Å². The van der Waals surface area contributed by atoms with Gasteiger partial charge in [0, 0.05) is 13.7 Å². The smallest absolute Gasteiger partial charge is 0.236 e. The summed E-state index contributed by atoms with van der Waals surface area (Å²) >= 11 is 0. The summed E-state index contributed by atoms with van der Waals surface area (Å²) in [6, 6.07) is -0.106. The third-order valence-electron chi connectivity index (χ3n) is 3.69. The molecule has 1 saturated carbocycles. The lowest BCUT2D eigenvalue weighted by Gasteiger charge is -2.19. The molecule has 1 aliphatic carbocycles. The first-order chi connectivity index (χ1) is 8.74. The molecular formula is C14H28N2O2. The summed E-state index contributed by atoms with van der Waals surface area (Å²) in [4.78, 5) is 11.7. The number of hydrogen-bond donors (Lipinski definition) is 2. The fourth-order valence-corrected chi connectivity index (χ4v) is 2.43. The molecule has 0 aromatic rings. The monoisotopic (exact) mass is 256 g/mol. The summed E-state index contributed by atoms with van der Waals surface area (Å²) < 4.78 is 4.91. The molecule has 0 spiro atoms. The minimum atomic E-state index is -0.106. The van der Waals surface area contributed by atoms with Crippen LogP contribution in [0.3, 0.4) is 0 Å². The molecule has 0 heterocycles. The Kier molecular flexibility index (Phi) is 8.01. The van der Waals surface area contributed by atoms with Crippen molar-refractivity contribution in [2.45, 2.75) is 51.5 Å². The molecule has 1 unspecified atom stereocenters. The lowest BCUT2D eigenvalue weighted by molar-refractivity contribution is -0.123. The highest BCUT2D eigenvalue weighted by atomic mass is 16.5. The summed E-state index contributed by atoms with van der Waals surface area (Å²) in [5, 5.41) is 6.21. The number of nitrogens with one attached hydrogen (secondary N) is 2. The first kappa shape index (κ1) is 15.4. The zero-order chi connectivity index (χ0) is 13.2. The van der Waals surface area contributed by atoms with Gasteiger partial charge in [-0.05, 0) is 32.2 Å². The standard InChI is InChI=1S/C14H28N2O2/c1-12(14(17)15-9-10-18-2)16-11-13-7-5-3-4-6-8-13/h12-13,16H,3-11H2,1-2H3,(H,15,17). The topological polar surface area (TPSA) is 50.4 Å². The van der Waals surface area contributed by atoms with Gasteiger partial charge in [0.25, 0.3) is 0 Å². The van der Waals surface area contributed by atoms with E-state index in [1.165, 1.54) is 38.5 Å². The average molecular weight is 256 g/mol. The van der Waals surface area contributed by atoms with Crippen LogP contribution < -0.4 is 10.6 Å². The van der Waals surface area contributed by atoms with E-state index in [4.69, 9.17) is 4.74 Å². The Morgan fingerprint density at radius 1 is 1.28 bits per heavy atom. The Balaban J connectivity index is 2.14. The highest BCUT2D eigenvalue weighted by Gasteiger charge is 2.16. The predicted octanol–water partition coefficient (Wildman–Crippen LogP) is 1.70. The molecule has 1 fully saturated rings. The number of hydrogen-bond acceptors (Lipinski definition) is 3. The molecule has 4 nitrogen and oxygen atoms in total. The van der Waals surface area contributed by atoms with Crippen LogP contribution in [0, 0.1) is 5.92 Å². The van der Waals surface area contributed by atoms with Crippen molar-refractivity contribution in [1.29, 1.82) is 0 Å². The summed E-state index contributed by atoms with van der Waals surface area (Å²) in [6.45, 7) is 4.06. The van der Waals surface area contributed by atoms with Crippen molar-refractivity contribution in [3.8, 4) is 0 Å². The van der Waals surface area contributed by atoms with Crippen molar-refractivity contribution < 1.29 is 9.53 Å². The van der Waals surface area contributed by atoms with E-state index in [-0.39, 0.29) is 11.9 Å². The highest BCUT2D eigenvalue weighted by molar-refractivity contribution is 5.81. The molecule has 0 aromatic heterocycles. The summed E-state index contributed by atoms with van der Waals surface area (Å²) in [6.07, 6.45) is 8.07. The molecule has 1 rings (SSSR count). The van der Waals surface area contributed by atoms with Gasteiger partial charge in [-0.1, -0.05) is 25.7 Å². The fourth-order valence-electron chi connectivity index (χ4n) is 2.43. The Bertz CT molecular complexity index is 226. The average Bonchev–Trinajstić information content (AvgIpc) is 2.64. The zero-order valence-corrected chi connectivity index (χ0v) is 11.8. The van der Waals surface area contributed by atoms with Crippen LogP contribution in [0.15, 0.2) is 0 Å². The summed E-state index contributed by atoms with van der Waals surface area (Å²) in [7, 11) is 1.64. The minimum Gasteiger partial charge on any atom is -0.383 e. The minimum absolute atomic E-state index is 0.0701. The molecule has 2 N–H and O–H groups in total. The van der Waals surface area contributed by atoms with E-state index in [9.17, 15) is 4.79 Å². The van der Waals surface area contributed by atoms with Crippen LogP contribution in [0.5, 0.6) is 0 Å². The lowest BCUT2D eigenvalue weighted by Crippen LogP contribution is -2.44. The third-order valence-corrected chi connectivity index (χ3v) is 3.69. The van der Waals surface area contributed by atoms with Crippen LogP contribution in [0.4, 0.5) is 0 Å². The van der Waals surface area contributed by atoms with Crippen molar-refractivity contribution >= 4 is 5.91 Å². The molecule has 0 aliphatic heterocycles. The second-order valence-electron chi connectivity index (χ2n) is 5.27. The summed E-state index contributed by atoms with van der Waals surface area (Å²) in [5.41, 5.74) is 0. The second kappa shape index (κ2) is 9.34. The van der Waals surface area contributed by atoms with Crippen molar-refractivity contribution in [2.24, 2.45) is 5.92 Å². The normalized spacial score (nSPS) is 19.2. The van der Waals surface area contributed by atoms with Crippen LogP contribution in [-0.4, -0.2) is 38.8 Å². The second-order valence-corrected chi connectivity index (χ2v) is 5.27. The molecule has 18 heavy (non-hydrogen) atoms. The molecule has 0 bridgehead atoms. The van der Waals surface area contributed by atoms with E-state index in [0.717, 1.165) is 12.5 Å². The Morgan fingerprint density at radius 3 is 2.56 bits per heavy atom. The number of ether oxygens (including phenoxy) is 1. The molecule has 0 saturated heterocycles. The van der Waals surface area contributed by atoms with E-state index in [1.807, 2.05) is 6.92 Å². The molecule has 4 heteroatoms. The van der Waals surface area contributed by atoms with E-state index >= 15 is 0 Å². The molecule has 1 amide bonds. The number of carbonyl (C=O) groups is 1. The zero-order valence-electron chi connectivity index (χ0n) is 11.8. The van der Waals surface area contributed by atoms with Crippen molar-refractivity contribution in [3.05, 3.63) is 0 Å². The van der Waals surface area contributed by atoms with Gasteiger partial charge in [0.1, 0.15) is 0 Å². The van der Waals surface area contributed by atoms with Gasteiger partial charge in [-0.15, -0.1) is 0 Å². The van der Waals surface area contributed by atoms with Gasteiger partial charge in [-0.2, -0.15) is 0 Å². The van der Waals surface area contributed by atoms with Gasteiger partial charge in [0.2, 0.25) is 5.91 Å². The SMILES string of the molecule is COCCNC(=O)C(C)NCC1CCCCCC1. The third kappa shape index (κ3) is 6.36. The Labute approximate surface area is 111 Å². The fraction of sp³-hybridized carbons (Fsp3) is 0.929. The molecule has 1 atom stereocenters. The quantitative estimate of drug-likeness (QED) is 0.538. The number of methoxy groups -OCH3 is 1. The molecular weight excluding hydrogens is 228 g/mol. The summed E-state index contributed by atoms with van der Waals surface area (Å²) in [5.74, 6) is 0.822. The van der Waals surface area contributed by atoms with Gasteiger partial charge in [-0.25, -0.2) is 0 Å². The number of rotatable bonds is 7. The molecule has 1 aliphatic rings. The van der Waals surface area contributed by atoms with Crippen LogP contribution in [0.2, 0.25) is 0 Å². The highest BCUT2D eigenvalue weighted by Crippen LogP contribution is 2.22. The maximum atomic E-state index is 11.7. The Morgan fingerprint density at radius 2 is 1.94 bits per heavy atom. The van der Waals surface area contributed by atoms with E-state index in [2.05, 4.69) is 10.6 Å². The molecule has 106 valence electrons. The van der Waals surface area contributed by atoms with E-state index in [0.29, 0.717) is 13.2 Å². The van der Waals surface area contributed by atoms with Crippen molar-refractivity contribution in [2.75, 3.05) is 26.8 Å². The van der Waals surface area contributed by atoms with Gasteiger partial charge in [0.05, 0.1) is 12.6 Å².